The summed E-state index contributed by atoms with van der Waals surface area (Å²) >= 11 is 1.22. The first kappa shape index (κ1) is 23.1. The van der Waals surface area contributed by atoms with Crippen LogP contribution in [0.25, 0.3) is 0 Å². The zero-order valence-corrected chi connectivity index (χ0v) is 19.8. The molecule has 1 aliphatic heterocycles. The SMILES string of the molecule is CCCc1cc(C(=O)c2sc(Nc3ccc(OC[C@@H]4CCCN4C)cc3)nc2N)ccc1O. The average molecular weight is 467 g/mol. The monoisotopic (exact) mass is 466 g/mol. The van der Waals surface area contributed by atoms with E-state index < -0.39 is 0 Å². The first-order valence-electron chi connectivity index (χ1n) is 11.3. The van der Waals surface area contributed by atoms with Gasteiger partial charge in [-0.3, -0.25) is 4.79 Å². The minimum atomic E-state index is -0.198. The number of likely N-dealkylation sites (tertiary alicyclic amines) is 1. The number of anilines is 3. The summed E-state index contributed by atoms with van der Waals surface area (Å²) in [5.74, 6) is 1.02. The largest absolute Gasteiger partial charge is 0.508 e. The van der Waals surface area contributed by atoms with Crippen LogP contribution in [0.5, 0.6) is 11.5 Å². The number of nitrogens with two attached hydrogens (primary N) is 1. The molecule has 0 spiro atoms. The maximum Gasteiger partial charge on any atom is 0.206 e. The first-order chi connectivity index (χ1) is 15.9. The van der Waals surface area contributed by atoms with Crippen LogP contribution in [0.3, 0.4) is 0 Å². The molecule has 1 aliphatic rings. The van der Waals surface area contributed by atoms with E-state index in [0.717, 1.165) is 30.0 Å². The lowest BCUT2D eigenvalue weighted by Crippen LogP contribution is -2.30. The molecule has 0 saturated carbocycles. The number of nitrogen functional groups attached to an aromatic ring is 1. The number of aromatic nitrogens is 1. The van der Waals surface area contributed by atoms with E-state index in [-0.39, 0.29) is 17.4 Å². The van der Waals surface area contributed by atoms with Crippen molar-refractivity contribution in [2.24, 2.45) is 0 Å². The fourth-order valence-electron chi connectivity index (χ4n) is 4.02. The van der Waals surface area contributed by atoms with Crippen molar-refractivity contribution in [1.82, 2.24) is 9.88 Å². The Bertz CT molecular complexity index is 1110. The number of benzene rings is 2. The predicted octanol–water partition coefficient (Wildman–Crippen LogP) is 4.83. The Labute approximate surface area is 198 Å². The fraction of sp³-hybridized carbons (Fsp3) is 0.360. The Morgan fingerprint density at radius 2 is 2.09 bits per heavy atom. The first-order valence-corrected chi connectivity index (χ1v) is 12.1. The minimum absolute atomic E-state index is 0.193. The molecule has 0 unspecified atom stereocenters. The van der Waals surface area contributed by atoms with Crippen LogP contribution < -0.4 is 15.8 Å². The number of ether oxygens (including phenoxy) is 1. The van der Waals surface area contributed by atoms with Gasteiger partial charge in [0.05, 0.1) is 0 Å². The number of phenols is 1. The molecular formula is C25H30N4O3S. The molecule has 4 rings (SSSR count). The van der Waals surface area contributed by atoms with Crippen LogP contribution in [-0.4, -0.2) is 47.0 Å². The van der Waals surface area contributed by atoms with Crippen molar-refractivity contribution in [2.45, 2.75) is 38.6 Å². The van der Waals surface area contributed by atoms with Crippen LogP contribution in [0.1, 0.15) is 47.0 Å². The molecule has 2 aromatic carbocycles. The quantitative estimate of drug-likeness (QED) is 0.388. The van der Waals surface area contributed by atoms with Crippen molar-refractivity contribution >= 4 is 33.8 Å². The van der Waals surface area contributed by atoms with Crippen molar-refractivity contribution in [1.29, 1.82) is 0 Å². The standard InChI is InChI=1S/C25H30N4O3S/c1-3-5-16-14-17(7-12-21(16)30)22(31)23-24(26)28-25(33-23)27-18-8-10-20(11-9-18)32-15-19-6-4-13-29(19)2/h7-12,14,19,30H,3-6,13,15,26H2,1-2H3,(H,27,28)/t19-/m0/s1. The van der Waals surface area contributed by atoms with Crippen molar-refractivity contribution in [2.75, 3.05) is 31.2 Å². The molecule has 3 aromatic rings. The van der Waals surface area contributed by atoms with E-state index in [9.17, 15) is 9.90 Å². The Kier molecular flexibility index (Phi) is 7.15. The molecule has 1 atom stereocenters. The van der Waals surface area contributed by atoms with Gasteiger partial charge in [0.2, 0.25) is 5.78 Å². The van der Waals surface area contributed by atoms with Crippen LogP contribution in [0.4, 0.5) is 16.6 Å². The summed E-state index contributed by atoms with van der Waals surface area (Å²) in [4.78, 5) is 20.1. The summed E-state index contributed by atoms with van der Waals surface area (Å²) in [6.07, 6.45) is 3.98. The highest BCUT2D eigenvalue weighted by Crippen LogP contribution is 2.31. The van der Waals surface area contributed by atoms with E-state index in [1.54, 1.807) is 18.2 Å². The number of ketones is 1. The van der Waals surface area contributed by atoms with Crippen molar-refractivity contribution in [3.8, 4) is 11.5 Å². The zero-order valence-electron chi connectivity index (χ0n) is 19.0. The molecule has 33 heavy (non-hydrogen) atoms. The number of likely N-dealkylation sites (N-methyl/N-ethyl adjacent to an activating group) is 1. The summed E-state index contributed by atoms with van der Waals surface area (Å²) < 4.78 is 5.94. The molecule has 0 aliphatic carbocycles. The van der Waals surface area contributed by atoms with Crippen molar-refractivity contribution in [3.05, 3.63) is 58.5 Å². The van der Waals surface area contributed by atoms with E-state index in [4.69, 9.17) is 10.5 Å². The smallest absolute Gasteiger partial charge is 0.206 e. The third-order valence-electron chi connectivity index (χ3n) is 5.94. The Hall–Kier alpha value is -3.10. The summed E-state index contributed by atoms with van der Waals surface area (Å²) in [6.45, 7) is 3.85. The third kappa shape index (κ3) is 5.46. The van der Waals surface area contributed by atoms with E-state index in [0.29, 0.717) is 34.6 Å². The number of phenolic OH excluding ortho intramolecular Hbond substituents is 1. The maximum atomic E-state index is 13.0. The molecule has 0 bridgehead atoms. The van der Waals surface area contributed by atoms with E-state index >= 15 is 0 Å². The van der Waals surface area contributed by atoms with Gasteiger partial charge in [0.15, 0.2) is 5.13 Å². The van der Waals surface area contributed by atoms with Gasteiger partial charge in [0.1, 0.15) is 28.8 Å². The summed E-state index contributed by atoms with van der Waals surface area (Å²) in [7, 11) is 2.14. The third-order valence-corrected chi connectivity index (χ3v) is 6.93. The Morgan fingerprint density at radius 3 is 2.79 bits per heavy atom. The van der Waals surface area contributed by atoms with Crippen molar-refractivity contribution < 1.29 is 14.6 Å². The van der Waals surface area contributed by atoms with Gasteiger partial charge in [-0.2, -0.15) is 0 Å². The Morgan fingerprint density at radius 1 is 1.30 bits per heavy atom. The minimum Gasteiger partial charge on any atom is -0.508 e. The lowest BCUT2D eigenvalue weighted by molar-refractivity contribution is 0.104. The molecule has 0 radical (unpaired) electrons. The lowest BCUT2D eigenvalue weighted by atomic mass is 10.0. The van der Waals surface area contributed by atoms with Gasteiger partial charge in [-0.05, 0) is 80.9 Å². The van der Waals surface area contributed by atoms with Crippen molar-refractivity contribution in [3.63, 3.8) is 0 Å². The number of rotatable bonds is 9. The van der Waals surface area contributed by atoms with Gasteiger partial charge in [-0.1, -0.05) is 24.7 Å². The van der Waals surface area contributed by atoms with E-state index in [2.05, 4.69) is 22.2 Å². The van der Waals surface area contributed by atoms with Gasteiger partial charge in [-0.25, -0.2) is 4.98 Å². The Balaban J connectivity index is 1.41. The second-order valence-electron chi connectivity index (χ2n) is 8.39. The van der Waals surface area contributed by atoms with Gasteiger partial charge >= 0.3 is 0 Å². The molecule has 2 heterocycles. The van der Waals surface area contributed by atoms with Gasteiger partial charge in [-0.15, -0.1) is 0 Å². The number of carbonyl (C=O) groups excluding carboxylic acids is 1. The summed E-state index contributed by atoms with van der Waals surface area (Å²) in [5.41, 5.74) is 8.14. The molecular weight excluding hydrogens is 436 g/mol. The number of hydrogen-bond acceptors (Lipinski definition) is 8. The molecule has 7 nitrogen and oxygen atoms in total. The van der Waals surface area contributed by atoms with Crippen LogP contribution >= 0.6 is 11.3 Å². The van der Waals surface area contributed by atoms with Gasteiger partial charge in [0, 0.05) is 17.3 Å². The molecule has 8 heteroatoms. The second kappa shape index (κ2) is 10.2. The molecule has 0 amide bonds. The highest BCUT2D eigenvalue weighted by atomic mass is 32.1. The summed E-state index contributed by atoms with van der Waals surface area (Å²) in [5, 5.41) is 13.8. The molecule has 1 aromatic heterocycles. The van der Waals surface area contributed by atoms with Crippen LogP contribution in [0.15, 0.2) is 42.5 Å². The molecule has 1 fully saturated rings. The van der Waals surface area contributed by atoms with Crippen LogP contribution in [0, 0.1) is 0 Å². The highest BCUT2D eigenvalue weighted by molar-refractivity contribution is 7.18. The number of nitrogens with one attached hydrogen (secondary N) is 1. The van der Waals surface area contributed by atoms with E-state index in [1.165, 1.54) is 24.2 Å². The molecule has 174 valence electrons. The second-order valence-corrected chi connectivity index (χ2v) is 9.39. The number of hydrogen-bond donors (Lipinski definition) is 3. The summed E-state index contributed by atoms with van der Waals surface area (Å²) in [6, 6.07) is 13.1. The number of nitrogens with zero attached hydrogens (tertiary/aromatic N) is 2. The predicted molar refractivity (Wildman–Crippen MR) is 133 cm³/mol. The lowest BCUT2D eigenvalue weighted by Gasteiger charge is -2.19. The fourth-order valence-corrected chi connectivity index (χ4v) is 4.88. The highest BCUT2D eigenvalue weighted by Gasteiger charge is 2.21. The van der Waals surface area contributed by atoms with Gasteiger partial charge in [0.25, 0.3) is 0 Å². The normalized spacial score (nSPS) is 16.1. The van der Waals surface area contributed by atoms with E-state index in [1.807, 2.05) is 31.2 Å². The maximum absolute atomic E-state index is 13.0. The molecule has 4 N–H and O–H groups in total. The number of aromatic hydroxyl groups is 1. The average Bonchev–Trinajstić information content (AvgIpc) is 3.39. The number of carbonyl (C=O) groups is 1. The topological polar surface area (TPSA) is 101 Å². The zero-order chi connectivity index (χ0) is 23.4. The van der Waals surface area contributed by atoms with Crippen LogP contribution in [-0.2, 0) is 6.42 Å². The van der Waals surface area contributed by atoms with Gasteiger partial charge < -0.3 is 25.8 Å². The number of thiazole rings is 1. The number of aryl methyl sites for hydroxylation is 1. The van der Waals surface area contributed by atoms with Crippen LogP contribution in [0.2, 0.25) is 0 Å². The molecule has 1 saturated heterocycles.